The third-order valence-electron chi connectivity index (χ3n) is 4.83. The van der Waals surface area contributed by atoms with Gasteiger partial charge in [0, 0.05) is 25.2 Å². The number of nitrogens with one attached hydrogen (secondary N) is 1. The van der Waals surface area contributed by atoms with Crippen molar-refractivity contribution in [1.29, 1.82) is 5.41 Å². The minimum Gasteiger partial charge on any atom is -0.405 e. The van der Waals surface area contributed by atoms with Gasteiger partial charge >= 0.3 is 0 Å². The molecule has 0 fully saturated rings. The monoisotopic (exact) mass is 468 g/mol. The Kier molecular flexibility index (Phi) is 8.48. The van der Waals surface area contributed by atoms with Crippen molar-refractivity contribution in [3.63, 3.8) is 0 Å². The third-order valence-corrected chi connectivity index (χ3v) is 5.21. The highest BCUT2D eigenvalue weighted by molar-refractivity contribution is 6.25. The quantitative estimate of drug-likeness (QED) is 0.276. The number of nitrogens with zero attached hydrogens (tertiary/aromatic N) is 4. The minimum atomic E-state index is -0.877. The van der Waals surface area contributed by atoms with Gasteiger partial charge in [-0.05, 0) is 32.9 Å². The molecule has 2 aromatic rings. The Bertz CT molecular complexity index is 1090. The molecule has 1 heterocycles. The van der Waals surface area contributed by atoms with E-state index in [1.165, 1.54) is 4.90 Å². The van der Waals surface area contributed by atoms with E-state index in [0.29, 0.717) is 17.0 Å². The highest BCUT2D eigenvalue weighted by Crippen LogP contribution is 2.25. The van der Waals surface area contributed by atoms with Crippen molar-refractivity contribution in [3.05, 3.63) is 72.2 Å². The number of ether oxygens (including phenoxy) is 1. The number of amidine groups is 1. The van der Waals surface area contributed by atoms with Gasteiger partial charge in [0.15, 0.2) is 0 Å². The lowest BCUT2D eigenvalue weighted by Crippen LogP contribution is -2.32. The summed E-state index contributed by atoms with van der Waals surface area (Å²) in [7, 11) is 3.39. The van der Waals surface area contributed by atoms with Crippen molar-refractivity contribution in [2.45, 2.75) is 31.7 Å². The van der Waals surface area contributed by atoms with Crippen LogP contribution in [0.4, 0.5) is 0 Å². The van der Waals surface area contributed by atoms with Crippen molar-refractivity contribution in [2.75, 3.05) is 14.1 Å². The van der Waals surface area contributed by atoms with E-state index < -0.39 is 10.9 Å². The molecule has 1 aromatic carbocycles. The minimum absolute atomic E-state index is 0.0945. The molecule has 174 valence electrons. The summed E-state index contributed by atoms with van der Waals surface area (Å²) in [5.41, 5.74) is 8.48. The van der Waals surface area contributed by atoms with Gasteiger partial charge in [-0.3, -0.25) is 15.2 Å². The van der Waals surface area contributed by atoms with Crippen molar-refractivity contribution in [3.8, 4) is 11.3 Å². The van der Waals surface area contributed by atoms with E-state index in [1.807, 2.05) is 6.92 Å². The van der Waals surface area contributed by atoms with Crippen LogP contribution in [-0.2, 0) is 4.74 Å². The molecule has 1 amide bonds. The molecule has 0 aliphatic rings. The number of carbonyl (C=O) groups excluding carboxylic acids is 1. The van der Waals surface area contributed by atoms with Crippen molar-refractivity contribution in [2.24, 2.45) is 10.7 Å². The van der Waals surface area contributed by atoms with E-state index in [2.05, 4.69) is 21.5 Å². The van der Waals surface area contributed by atoms with Gasteiger partial charge in [0.2, 0.25) is 5.90 Å². The van der Waals surface area contributed by atoms with Crippen LogP contribution in [-0.4, -0.2) is 57.7 Å². The molecule has 3 N–H and O–H groups in total. The van der Waals surface area contributed by atoms with Crippen LogP contribution in [0.3, 0.4) is 0 Å². The fraction of sp³-hybridized carbons (Fsp3) is 0.292. The molecule has 0 aliphatic carbocycles. The highest BCUT2D eigenvalue weighted by atomic mass is 35.5. The molecule has 0 radical (unpaired) electrons. The van der Waals surface area contributed by atoms with Crippen LogP contribution in [0.2, 0.25) is 0 Å². The summed E-state index contributed by atoms with van der Waals surface area (Å²) in [6.45, 7) is 9.03. The number of alkyl halides is 1. The SMILES string of the molecule is C=CC(C)(Cl)C(/C=C\C)N=C(N)OC(=N)c1nc(-c2ccc(C(=O)N(C)C)cc2)cnc1C. The van der Waals surface area contributed by atoms with Gasteiger partial charge in [0.25, 0.3) is 11.9 Å². The van der Waals surface area contributed by atoms with Crippen LogP contribution < -0.4 is 5.73 Å². The number of nitrogens with two attached hydrogens (primary N) is 1. The summed E-state index contributed by atoms with van der Waals surface area (Å²) in [5.74, 6) is -0.389. The first kappa shape index (κ1) is 25.7. The van der Waals surface area contributed by atoms with E-state index in [0.717, 1.165) is 5.56 Å². The predicted molar refractivity (Wildman–Crippen MR) is 133 cm³/mol. The number of aliphatic imine (C=N–C) groups is 1. The molecule has 33 heavy (non-hydrogen) atoms. The average Bonchev–Trinajstić information content (AvgIpc) is 2.78. The van der Waals surface area contributed by atoms with Crippen LogP contribution >= 0.6 is 11.6 Å². The summed E-state index contributed by atoms with van der Waals surface area (Å²) in [6, 6.07) is 6.23. The summed E-state index contributed by atoms with van der Waals surface area (Å²) in [6.07, 6.45) is 6.73. The molecule has 9 heteroatoms. The zero-order valence-electron chi connectivity index (χ0n) is 19.5. The molecule has 1 aromatic heterocycles. The molecule has 0 aliphatic heterocycles. The Morgan fingerprint density at radius 1 is 1.36 bits per heavy atom. The Hall–Kier alpha value is -3.52. The van der Waals surface area contributed by atoms with Gasteiger partial charge in [-0.1, -0.05) is 30.4 Å². The zero-order chi connectivity index (χ0) is 24.8. The Balaban J connectivity index is 2.29. The molecule has 0 spiro atoms. The number of allylic oxidation sites excluding steroid dienone is 1. The Morgan fingerprint density at radius 3 is 2.55 bits per heavy atom. The topological polar surface area (TPSA) is 118 Å². The largest absolute Gasteiger partial charge is 0.405 e. The maximum Gasteiger partial charge on any atom is 0.289 e. The number of carbonyl (C=O) groups is 1. The molecule has 0 saturated carbocycles. The van der Waals surface area contributed by atoms with E-state index >= 15 is 0 Å². The van der Waals surface area contributed by atoms with Crippen LogP contribution in [0.25, 0.3) is 11.3 Å². The molecule has 2 rings (SSSR count). The van der Waals surface area contributed by atoms with Gasteiger partial charge in [-0.2, -0.15) is 0 Å². The molecular formula is C24H29ClN6O2. The Labute approximate surface area is 199 Å². The molecular weight excluding hydrogens is 440 g/mol. The van der Waals surface area contributed by atoms with Crippen LogP contribution in [0.1, 0.15) is 35.6 Å². The van der Waals surface area contributed by atoms with Crippen LogP contribution in [0.5, 0.6) is 0 Å². The number of hydrogen-bond acceptors (Lipinski definition) is 6. The first-order valence-electron chi connectivity index (χ1n) is 10.2. The first-order valence-corrected chi connectivity index (χ1v) is 10.6. The van der Waals surface area contributed by atoms with Crippen molar-refractivity contribution < 1.29 is 9.53 Å². The normalized spacial score (nSPS) is 14.4. The molecule has 2 atom stereocenters. The first-order chi connectivity index (χ1) is 15.5. The zero-order valence-corrected chi connectivity index (χ0v) is 20.2. The summed E-state index contributed by atoms with van der Waals surface area (Å²) < 4.78 is 5.43. The number of amides is 1. The van der Waals surface area contributed by atoms with E-state index in [1.54, 1.807) is 76.6 Å². The van der Waals surface area contributed by atoms with Gasteiger partial charge in [-0.15, -0.1) is 18.2 Å². The standard InChI is InChI=1S/C24H29ClN6O2/c1-7-9-19(24(4,25)8-2)30-23(27)33-21(26)20-15(3)28-14-18(29-20)16-10-12-17(13-11-16)22(32)31(5)6/h7-14,19,26H,2H2,1,3-6H3,(H2,27,30)/b9-7-,26-21?. The highest BCUT2D eigenvalue weighted by Gasteiger charge is 2.27. The average molecular weight is 469 g/mol. The Morgan fingerprint density at radius 2 is 2.00 bits per heavy atom. The maximum atomic E-state index is 12.1. The molecule has 2 unspecified atom stereocenters. The van der Waals surface area contributed by atoms with Crippen LogP contribution in [0.15, 0.2) is 60.3 Å². The smallest absolute Gasteiger partial charge is 0.289 e. The van der Waals surface area contributed by atoms with Gasteiger partial charge < -0.3 is 15.4 Å². The molecule has 0 bridgehead atoms. The summed E-state index contributed by atoms with van der Waals surface area (Å²) in [5, 5.41) is 8.34. The van der Waals surface area contributed by atoms with Gasteiger partial charge in [0.1, 0.15) is 5.69 Å². The number of aromatic nitrogens is 2. The molecule has 0 saturated heterocycles. The second-order valence-corrected chi connectivity index (χ2v) is 8.51. The second-order valence-electron chi connectivity index (χ2n) is 7.69. The van der Waals surface area contributed by atoms with E-state index in [9.17, 15) is 4.79 Å². The fourth-order valence-corrected chi connectivity index (χ4v) is 2.94. The predicted octanol–water partition coefficient (Wildman–Crippen LogP) is 3.94. The number of hydrogen-bond donors (Lipinski definition) is 2. The summed E-state index contributed by atoms with van der Waals surface area (Å²) in [4.78, 5) is 25.8. The lowest BCUT2D eigenvalue weighted by Gasteiger charge is -2.23. The van der Waals surface area contributed by atoms with Crippen molar-refractivity contribution in [1.82, 2.24) is 14.9 Å². The summed E-state index contributed by atoms with van der Waals surface area (Å²) >= 11 is 6.44. The fourth-order valence-electron chi connectivity index (χ4n) is 2.82. The number of rotatable bonds is 7. The lowest BCUT2D eigenvalue weighted by atomic mass is 10.0. The third kappa shape index (κ3) is 6.49. The maximum absolute atomic E-state index is 12.1. The van der Waals surface area contributed by atoms with Gasteiger partial charge in [-0.25, -0.2) is 9.98 Å². The van der Waals surface area contributed by atoms with E-state index in [4.69, 9.17) is 27.5 Å². The van der Waals surface area contributed by atoms with E-state index in [-0.39, 0.29) is 23.5 Å². The lowest BCUT2D eigenvalue weighted by molar-refractivity contribution is 0.0827. The van der Waals surface area contributed by atoms with Crippen molar-refractivity contribution >= 4 is 29.4 Å². The molecule has 8 nitrogen and oxygen atoms in total. The second kappa shape index (κ2) is 10.9. The number of halogens is 1. The number of aryl methyl sites for hydroxylation is 1. The van der Waals surface area contributed by atoms with Crippen LogP contribution in [0, 0.1) is 12.3 Å². The van der Waals surface area contributed by atoms with Gasteiger partial charge in [0.05, 0.1) is 28.5 Å². The number of benzene rings is 1.